The molecule has 3 aromatic carbocycles. The number of nitriles is 1. The molecule has 0 N–H and O–H groups in total. The maximum absolute atomic E-state index is 12.2. The average Bonchev–Trinajstić information content (AvgIpc) is 2.87. The predicted molar refractivity (Wildman–Crippen MR) is 127 cm³/mol. The van der Waals surface area contributed by atoms with Crippen LogP contribution in [0.2, 0.25) is 0 Å². The topological polar surface area (TPSA) is 112 Å². The highest BCUT2D eigenvalue weighted by Crippen LogP contribution is 2.30. The summed E-state index contributed by atoms with van der Waals surface area (Å²) in [6, 6.07) is 20.0. The van der Waals surface area contributed by atoms with Crippen LogP contribution in [0.3, 0.4) is 0 Å². The summed E-state index contributed by atoms with van der Waals surface area (Å²) < 4.78 is 15.8. The van der Waals surface area contributed by atoms with E-state index in [-0.39, 0.29) is 11.4 Å². The SMILES string of the molecule is COc1ccc(/C(C#N)=C\c2ccc(OC(=O)/C=C/c3ccc([N+](=O)[O-])cc3)c(OC)c2)cc1. The number of benzene rings is 3. The third-order valence-corrected chi connectivity index (χ3v) is 4.75. The largest absolute Gasteiger partial charge is 0.497 e. The predicted octanol–water partition coefficient (Wildman–Crippen LogP) is 5.29. The van der Waals surface area contributed by atoms with Crippen LogP contribution in [-0.2, 0) is 4.79 Å². The minimum atomic E-state index is -0.643. The van der Waals surface area contributed by atoms with Crippen molar-refractivity contribution in [1.82, 2.24) is 0 Å². The van der Waals surface area contributed by atoms with Crippen LogP contribution in [0.1, 0.15) is 16.7 Å². The number of ether oxygens (including phenoxy) is 3. The van der Waals surface area contributed by atoms with Crippen molar-refractivity contribution in [2.45, 2.75) is 0 Å². The lowest BCUT2D eigenvalue weighted by molar-refractivity contribution is -0.384. The molecule has 170 valence electrons. The van der Waals surface area contributed by atoms with Crippen LogP contribution in [-0.4, -0.2) is 25.1 Å². The van der Waals surface area contributed by atoms with Crippen LogP contribution < -0.4 is 14.2 Å². The van der Waals surface area contributed by atoms with Gasteiger partial charge in [-0.25, -0.2) is 4.79 Å². The Morgan fingerprint density at radius 2 is 1.62 bits per heavy atom. The molecule has 0 spiro atoms. The molecule has 8 nitrogen and oxygen atoms in total. The van der Waals surface area contributed by atoms with Gasteiger partial charge in [0, 0.05) is 18.2 Å². The number of carbonyl (C=O) groups excluding carboxylic acids is 1. The molecule has 0 atom stereocenters. The molecule has 0 aliphatic rings. The summed E-state index contributed by atoms with van der Waals surface area (Å²) in [6.45, 7) is 0. The molecule has 0 aromatic heterocycles. The number of non-ortho nitro benzene ring substituents is 1. The van der Waals surface area contributed by atoms with Crippen LogP contribution in [0.5, 0.6) is 17.2 Å². The molecule has 3 rings (SSSR count). The third-order valence-electron chi connectivity index (χ3n) is 4.75. The van der Waals surface area contributed by atoms with E-state index in [1.54, 1.807) is 55.7 Å². The Balaban J connectivity index is 1.74. The molecule has 34 heavy (non-hydrogen) atoms. The van der Waals surface area contributed by atoms with E-state index in [0.29, 0.717) is 28.2 Å². The molecule has 0 fully saturated rings. The first kappa shape index (κ1) is 23.8. The lowest BCUT2D eigenvalue weighted by atomic mass is 10.0. The van der Waals surface area contributed by atoms with E-state index < -0.39 is 10.9 Å². The molecule has 0 saturated carbocycles. The van der Waals surface area contributed by atoms with E-state index in [0.717, 1.165) is 5.56 Å². The molecular weight excluding hydrogens is 436 g/mol. The van der Waals surface area contributed by atoms with Crippen molar-refractivity contribution in [3.63, 3.8) is 0 Å². The minimum absolute atomic E-state index is 0.0369. The van der Waals surface area contributed by atoms with Crippen molar-refractivity contribution in [3.05, 3.63) is 99.6 Å². The molecule has 0 bridgehead atoms. The highest BCUT2D eigenvalue weighted by atomic mass is 16.6. The van der Waals surface area contributed by atoms with Crippen molar-refractivity contribution < 1.29 is 23.9 Å². The highest BCUT2D eigenvalue weighted by molar-refractivity contribution is 5.91. The van der Waals surface area contributed by atoms with E-state index in [2.05, 4.69) is 6.07 Å². The monoisotopic (exact) mass is 456 g/mol. The first-order valence-corrected chi connectivity index (χ1v) is 10.0. The number of hydrogen-bond donors (Lipinski definition) is 0. The molecule has 0 aliphatic heterocycles. The molecule has 3 aromatic rings. The zero-order valence-electron chi connectivity index (χ0n) is 18.4. The van der Waals surface area contributed by atoms with Gasteiger partial charge in [-0.3, -0.25) is 10.1 Å². The fraction of sp³-hybridized carbons (Fsp3) is 0.0769. The van der Waals surface area contributed by atoms with Gasteiger partial charge in [0.2, 0.25) is 0 Å². The highest BCUT2D eigenvalue weighted by Gasteiger charge is 2.10. The summed E-state index contributed by atoms with van der Waals surface area (Å²) in [7, 11) is 3.02. The van der Waals surface area contributed by atoms with Gasteiger partial charge in [0.15, 0.2) is 11.5 Å². The van der Waals surface area contributed by atoms with Gasteiger partial charge in [0.1, 0.15) is 5.75 Å². The number of esters is 1. The van der Waals surface area contributed by atoms with E-state index in [1.165, 1.54) is 43.5 Å². The third kappa shape index (κ3) is 6.08. The van der Waals surface area contributed by atoms with Gasteiger partial charge >= 0.3 is 5.97 Å². The first-order chi connectivity index (χ1) is 16.4. The van der Waals surface area contributed by atoms with Crippen molar-refractivity contribution in [1.29, 1.82) is 5.26 Å². The number of carbonyl (C=O) groups is 1. The Bertz CT molecular complexity index is 1290. The summed E-state index contributed by atoms with van der Waals surface area (Å²) >= 11 is 0. The Morgan fingerprint density at radius 3 is 2.21 bits per heavy atom. The lowest BCUT2D eigenvalue weighted by Gasteiger charge is -2.09. The van der Waals surface area contributed by atoms with E-state index in [1.807, 2.05) is 0 Å². The lowest BCUT2D eigenvalue weighted by Crippen LogP contribution is -2.05. The van der Waals surface area contributed by atoms with Gasteiger partial charge in [-0.1, -0.05) is 6.07 Å². The summed E-state index contributed by atoms with van der Waals surface area (Å²) in [5, 5.41) is 20.3. The normalized spacial score (nSPS) is 11.0. The van der Waals surface area contributed by atoms with Gasteiger partial charge in [0.25, 0.3) is 5.69 Å². The Labute approximate surface area is 196 Å². The zero-order chi connectivity index (χ0) is 24.5. The van der Waals surface area contributed by atoms with Crippen molar-refractivity contribution in [2.75, 3.05) is 14.2 Å². The summed E-state index contributed by atoms with van der Waals surface area (Å²) in [4.78, 5) is 22.5. The molecular formula is C26H20N2O6. The molecule has 0 unspecified atom stereocenters. The molecule has 0 radical (unpaired) electrons. The average molecular weight is 456 g/mol. The molecule has 0 aliphatic carbocycles. The van der Waals surface area contributed by atoms with Crippen molar-refractivity contribution in [2.24, 2.45) is 0 Å². The number of nitro groups is 1. The standard InChI is InChI=1S/C26H20N2O6/c1-32-23-11-7-20(8-12-23)21(17-27)15-19-5-13-24(25(16-19)33-2)34-26(29)14-6-18-3-9-22(10-4-18)28(30)31/h3-16H,1-2H3/b14-6+,21-15-. The van der Waals surface area contributed by atoms with Crippen LogP contribution in [0.4, 0.5) is 5.69 Å². The molecule has 0 saturated heterocycles. The number of allylic oxidation sites excluding steroid dienone is 1. The second-order valence-electron chi connectivity index (χ2n) is 6.91. The Kier molecular flexibility index (Phi) is 7.76. The molecule has 8 heteroatoms. The van der Waals surface area contributed by atoms with Crippen LogP contribution in [0, 0.1) is 21.4 Å². The number of rotatable bonds is 8. The van der Waals surface area contributed by atoms with E-state index in [4.69, 9.17) is 14.2 Å². The number of hydrogen-bond acceptors (Lipinski definition) is 7. The fourth-order valence-corrected chi connectivity index (χ4v) is 2.99. The van der Waals surface area contributed by atoms with Gasteiger partial charge < -0.3 is 14.2 Å². The van der Waals surface area contributed by atoms with Gasteiger partial charge in [-0.05, 0) is 77.4 Å². The van der Waals surface area contributed by atoms with E-state index in [9.17, 15) is 20.2 Å². The van der Waals surface area contributed by atoms with Crippen molar-refractivity contribution >= 4 is 29.4 Å². The maximum Gasteiger partial charge on any atom is 0.336 e. The summed E-state index contributed by atoms with van der Waals surface area (Å²) in [5.41, 5.74) is 2.43. The fourth-order valence-electron chi connectivity index (χ4n) is 2.99. The maximum atomic E-state index is 12.2. The van der Waals surface area contributed by atoms with Gasteiger partial charge in [-0.2, -0.15) is 5.26 Å². The smallest absolute Gasteiger partial charge is 0.336 e. The quantitative estimate of drug-likeness (QED) is 0.0860. The number of nitro benzene ring substituents is 1. The number of methoxy groups -OCH3 is 2. The summed E-state index contributed by atoms with van der Waals surface area (Å²) in [6.07, 6.45) is 4.40. The second-order valence-corrected chi connectivity index (χ2v) is 6.91. The van der Waals surface area contributed by atoms with Crippen LogP contribution in [0.25, 0.3) is 17.7 Å². The summed E-state index contributed by atoms with van der Waals surface area (Å²) in [5.74, 6) is 0.575. The van der Waals surface area contributed by atoms with Crippen LogP contribution in [0.15, 0.2) is 72.8 Å². The van der Waals surface area contributed by atoms with Crippen LogP contribution >= 0.6 is 0 Å². The molecule has 0 amide bonds. The first-order valence-electron chi connectivity index (χ1n) is 10.0. The van der Waals surface area contributed by atoms with Gasteiger partial charge in [0.05, 0.1) is 30.8 Å². The number of nitrogens with zero attached hydrogens (tertiary/aromatic N) is 2. The second kappa shape index (κ2) is 11.1. The Morgan fingerprint density at radius 1 is 0.941 bits per heavy atom. The molecule has 0 heterocycles. The minimum Gasteiger partial charge on any atom is -0.497 e. The van der Waals surface area contributed by atoms with Gasteiger partial charge in [-0.15, -0.1) is 0 Å². The van der Waals surface area contributed by atoms with Crippen molar-refractivity contribution in [3.8, 4) is 23.3 Å². The zero-order valence-corrected chi connectivity index (χ0v) is 18.4. The Hall–Kier alpha value is -4.90. The van der Waals surface area contributed by atoms with E-state index >= 15 is 0 Å².